The van der Waals surface area contributed by atoms with E-state index in [0.29, 0.717) is 12.8 Å². The number of Topliss-reactive ketones (excluding diaryl/α,β-unsaturated/α-hetero) is 1. The summed E-state index contributed by atoms with van der Waals surface area (Å²) >= 11 is 0. The average molecular weight is 232 g/mol. The summed E-state index contributed by atoms with van der Waals surface area (Å²) in [6.07, 6.45) is 2.89. The van der Waals surface area contributed by atoms with E-state index in [-0.39, 0.29) is 17.1 Å². The number of ketones is 1. The molecule has 86 valence electrons. The summed E-state index contributed by atoms with van der Waals surface area (Å²) < 4.78 is 27.6. The molecule has 0 amide bonds. The highest BCUT2D eigenvalue weighted by Crippen LogP contribution is 2.60. The van der Waals surface area contributed by atoms with Crippen molar-refractivity contribution in [3.63, 3.8) is 0 Å². The minimum absolute atomic E-state index is 0.0471. The van der Waals surface area contributed by atoms with Crippen molar-refractivity contribution in [3.8, 4) is 0 Å². The SMILES string of the molecule is CC1(C)[C@H]2CC[C@]1(OS(C)(=O)=O)C(=O)C2. The summed E-state index contributed by atoms with van der Waals surface area (Å²) in [7, 11) is -3.58. The van der Waals surface area contributed by atoms with E-state index in [0.717, 1.165) is 12.7 Å². The molecule has 0 aromatic rings. The van der Waals surface area contributed by atoms with Crippen molar-refractivity contribution >= 4 is 15.9 Å². The van der Waals surface area contributed by atoms with Crippen LogP contribution in [0.3, 0.4) is 0 Å². The minimum atomic E-state index is -3.58. The van der Waals surface area contributed by atoms with Gasteiger partial charge in [0.05, 0.1) is 6.26 Å². The van der Waals surface area contributed by atoms with Crippen molar-refractivity contribution in [2.75, 3.05) is 6.26 Å². The molecular formula is C10H16O4S. The number of carbonyl (C=O) groups excluding carboxylic acids is 1. The molecule has 5 heteroatoms. The first-order valence-corrected chi connectivity index (χ1v) is 6.95. The molecule has 0 N–H and O–H groups in total. The minimum Gasteiger partial charge on any atom is -0.296 e. The molecule has 2 fully saturated rings. The van der Waals surface area contributed by atoms with E-state index in [2.05, 4.69) is 0 Å². The van der Waals surface area contributed by atoms with E-state index in [1.54, 1.807) is 0 Å². The van der Waals surface area contributed by atoms with E-state index in [1.165, 1.54) is 0 Å². The lowest BCUT2D eigenvalue weighted by Gasteiger charge is -2.34. The second kappa shape index (κ2) is 2.83. The third-order valence-electron chi connectivity index (χ3n) is 4.08. The first-order valence-electron chi connectivity index (χ1n) is 5.13. The van der Waals surface area contributed by atoms with Gasteiger partial charge in [-0.15, -0.1) is 0 Å². The molecule has 2 aliphatic rings. The zero-order chi connectivity index (χ0) is 11.5. The van der Waals surface area contributed by atoms with Gasteiger partial charge in [-0.2, -0.15) is 8.42 Å². The van der Waals surface area contributed by atoms with Gasteiger partial charge in [0.15, 0.2) is 11.4 Å². The number of rotatable bonds is 2. The van der Waals surface area contributed by atoms with Crippen molar-refractivity contribution < 1.29 is 17.4 Å². The highest BCUT2D eigenvalue weighted by atomic mass is 32.2. The van der Waals surface area contributed by atoms with Crippen LogP contribution in [0.5, 0.6) is 0 Å². The molecule has 0 saturated heterocycles. The van der Waals surface area contributed by atoms with Crippen LogP contribution in [0.4, 0.5) is 0 Å². The summed E-state index contributed by atoms with van der Waals surface area (Å²) in [5.74, 6) is 0.223. The number of fused-ring (bicyclic) bond motifs is 2. The highest BCUT2D eigenvalue weighted by molar-refractivity contribution is 7.86. The molecule has 0 aromatic carbocycles. The van der Waals surface area contributed by atoms with Crippen molar-refractivity contribution in [2.45, 2.75) is 38.7 Å². The molecule has 0 radical (unpaired) electrons. The van der Waals surface area contributed by atoms with Crippen LogP contribution in [0.25, 0.3) is 0 Å². The maximum Gasteiger partial charge on any atom is 0.265 e. The van der Waals surface area contributed by atoms with E-state index < -0.39 is 15.7 Å². The Labute approximate surface area is 90.1 Å². The van der Waals surface area contributed by atoms with Crippen LogP contribution < -0.4 is 0 Å². The fraction of sp³-hybridized carbons (Fsp3) is 0.900. The van der Waals surface area contributed by atoms with Gasteiger partial charge in [-0.1, -0.05) is 13.8 Å². The largest absolute Gasteiger partial charge is 0.296 e. The van der Waals surface area contributed by atoms with Crippen LogP contribution in [0.15, 0.2) is 0 Å². The third-order valence-corrected chi connectivity index (χ3v) is 4.67. The molecular weight excluding hydrogens is 216 g/mol. The predicted molar refractivity (Wildman–Crippen MR) is 54.8 cm³/mol. The molecule has 2 rings (SSSR count). The van der Waals surface area contributed by atoms with Crippen LogP contribution in [-0.4, -0.2) is 26.1 Å². The van der Waals surface area contributed by atoms with Crippen molar-refractivity contribution in [1.29, 1.82) is 0 Å². The molecule has 0 aromatic heterocycles. The zero-order valence-electron chi connectivity index (χ0n) is 9.24. The maximum atomic E-state index is 11.9. The predicted octanol–water partition coefficient (Wildman–Crippen LogP) is 1.11. The van der Waals surface area contributed by atoms with Crippen LogP contribution in [0.2, 0.25) is 0 Å². The van der Waals surface area contributed by atoms with Gasteiger partial charge in [0.25, 0.3) is 10.1 Å². The molecule has 2 saturated carbocycles. The van der Waals surface area contributed by atoms with Gasteiger partial charge in [-0.05, 0) is 18.8 Å². The number of hydrogen-bond acceptors (Lipinski definition) is 4. The Kier molecular flexibility index (Phi) is 2.09. The lowest BCUT2D eigenvalue weighted by atomic mass is 9.79. The topological polar surface area (TPSA) is 60.4 Å². The molecule has 4 nitrogen and oxygen atoms in total. The molecule has 2 bridgehead atoms. The first-order chi connectivity index (χ1) is 6.69. The molecule has 2 aliphatic carbocycles. The summed E-state index contributed by atoms with van der Waals surface area (Å²) in [6.45, 7) is 3.86. The van der Waals surface area contributed by atoms with Gasteiger partial charge in [0, 0.05) is 11.8 Å². The summed E-state index contributed by atoms with van der Waals surface area (Å²) in [5.41, 5.74) is -1.43. The van der Waals surface area contributed by atoms with Gasteiger partial charge < -0.3 is 0 Å². The van der Waals surface area contributed by atoms with Crippen LogP contribution in [0.1, 0.15) is 33.1 Å². The molecule has 0 aliphatic heterocycles. The van der Waals surface area contributed by atoms with Crippen molar-refractivity contribution in [2.24, 2.45) is 11.3 Å². The fourth-order valence-electron chi connectivity index (χ4n) is 3.09. The number of hydrogen-bond donors (Lipinski definition) is 0. The molecule has 2 atom stereocenters. The Morgan fingerprint density at radius 3 is 2.33 bits per heavy atom. The smallest absolute Gasteiger partial charge is 0.265 e. The van der Waals surface area contributed by atoms with Gasteiger partial charge in [-0.3, -0.25) is 8.98 Å². The first kappa shape index (κ1) is 11.1. The molecule has 0 unspecified atom stereocenters. The van der Waals surface area contributed by atoms with Gasteiger partial charge in [0.2, 0.25) is 0 Å². The Balaban J connectivity index is 2.45. The number of carbonyl (C=O) groups is 1. The fourth-order valence-corrected chi connectivity index (χ4v) is 4.00. The lowest BCUT2D eigenvalue weighted by molar-refractivity contribution is -0.136. The van der Waals surface area contributed by atoms with Gasteiger partial charge in [-0.25, -0.2) is 0 Å². The van der Waals surface area contributed by atoms with E-state index >= 15 is 0 Å². The quantitative estimate of drug-likeness (QED) is 0.669. The summed E-state index contributed by atoms with van der Waals surface area (Å²) in [4.78, 5) is 11.9. The molecule has 0 spiro atoms. The second-order valence-corrected chi connectivity index (χ2v) is 6.77. The van der Waals surface area contributed by atoms with Crippen LogP contribution in [-0.2, 0) is 19.1 Å². The van der Waals surface area contributed by atoms with Crippen molar-refractivity contribution in [1.82, 2.24) is 0 Å². The normalized spacial score (nSPS) is 38.6. The Morgan fingerprint density at radius 1 is 1.40 bits per heavy atom. The summed E-state index contributed by atoms with van der Waals surface area (Å²) in [6, 6.07) is 0. The standard InChI is InChI=1S/C10H16O4S/c1-9(2)7-4-5-10(9,8(11)6-7)14-15(3,12)13/h7H,4-6H2,1-3H3/t7-,10-/m0/s1. The Morgan fingerprint density at radius 2 is 2.00 bits per heavy atom. The van der Waals surface area contributed by atoms with E-state index in [1.807, 2.05) is 13.8 Å². The Bertz CT molecular complexity index is 409. The third kappa shape index (κ3) is 1.36. The van der Waals surface area contributed by atoms with E-state index in [9.17, 15) is 13.2 Å². The van der Waals surface area contributed by atoms with Crippen LogP contribution in [0, 0.1) is 11.3 Å². The summed E-state index contributed by atoms with van der Waals surface area (Å²) in [5, 5.41) is 0. The van der Waals surface area contributed by atoms with E-state index in [4.69, 9.17) is 4.18 Å². The van der Waals surface area contributed by atoms with Gasteiger partial charge in [0.1, 0.15) is 0 Å². The molecule has 0 heterocycles. The average Bonchev–Trinajstić information content (AvgIpc) is 2.34. The second-order valence-electron chi connectivity index (χ2n) is 5.20. The Hall–Kier alpha value is -0.420. The van der Waals surface area contributed by atoms with Gasteiger partial charge >= 0.3 is 0 Å². The van der Waals surface area contributed by atoms with Crippen LogP contribution >= 0.6 is 0 Å². The highest BCUT2D eigenvalue weighted by Gasteiger charge is 2.66. The maximum absolute atomic E-state index is 11.9. The van der Waals surface area contributed by atoms with Crippen molar-refractivity contribution in [3.05, 3.63) is 0 Å². The monoisotopic (exact) mass is 232 g/mol. The zero-order valence-corrected chi connectivity index (χ0v) is 10.1. The lowest BCUT2D eigenvalue weighted by Crippen LogP contribution is -2.47. The molecule has 15 heavy (non-hydrogen) atoms.